The highest BCUT2D eigenvalue weighted by atomic mass is 16.1. The van der Waals surface area contributed by atoms with E-state index in [4.69, 9.17) is 5.73 Å². The van der Waals surface area contributed by atoms with Crippen LogP contribution in [-0.4, -0.2) is 19.0 Å². The van der Waals surface area contributed by atoms with E-state index in [0.29, 0.717) is 6.42 Å². The number of primary amides is 1. The van der Waals surface area contributed by atoms with Gasteiger partial charge in [-0.3, -0.25) is 4.79 Å². The van der Waals surface area contributed by atoms with Crippen molar-refractivity contribution >= 4 is 5.91 Å². The molecule has 0 saturated heterocycles. The maximum absolute atomic E-state index is 10.4. The van der Waals surface area contributed by atoms with E-state index >= 15 is 0 Å². The number of hydrogen-bond donors (Lipinski definition) is 2. The van der Waals surface area contributed by atoms with Gasteiger partial charge in [0.2, 0.25) is 5.91 Å². The van der Waals surface area contributed by atoms with Crippen LogP contribution >= 0.6 is 0 Å². The van der Waals surface area contributed by atoms with Crippen LogP contribution in [0.1, 0.15) is 25.7 Å². The highest BCUT2D eigenvalue weighted by Crippen LogP contribution is 2.12. The van der Waals surface area contributed by atoms with Crippen LogP contribution in [-0.2, 0) is 4.79 Å². The standard InChI is InChI=1S/C9H16N2O/c10-9(12)3-1-2-8-4-6-11-7-5-8/h4,11H,1-3,5-7H2,(H2,10,12). The molecule has 12 heavy (non-hydrogen) atoms. The van der Waals surface area contributed by atoms with Crippen LogP contribution in [0, 0.1) is 0 Å². The van der Waals surface area contributed by atoms with Crippen LogP contribution < -0.4 is 11.1 Å². The maximum Gasteiger partial charge on any atom is 0.217 e. The van der Waals surface area contributed by atoms with Gasteiger partial charge in [0.25, 0.3) is 0 Å². The number of nitrogens with two attached hydrogens (primary N) is 1. The van der Waals surface area contributed by atoms with Crippen LogP contribution in [0.25, 0.3) is 0 Å². The van der Waals surface area contributed by atoms with E-state index in [2.05, 4.69) is 11.4 Å². The average Bonchev–Trinajstić information content (AvgIpc) is 2.05. The van der Waals surface area contributed by atoms with Gasteiger partial charge >= 0.3 is 0 Å². The Morgan fingerprint density at radius 1 is 1.67 bits per heavy atom. The largest absolute Gasteiger partial charge is 0.370 e. The molecule has 0 saturated carbocycles. The molecule has 0 radical (unpaired) electrons. The third-order valence-corrected chi connectivity index (χ3v) is 2.08. The monoisotopic (exact) mass is 168 g/mol. The lowest BCUT2D eigenvalue weighted by molar-refractivity contribution is -0.118. The summed E-state index contributed by atoms with van der Waals surface area (Å²) in [6.07, 6.45) is 5.79. The minimum absolute atomic E-state index is 0.190. The summed E-state index contributed by atoms with van der Waals surface area (Å²) in [6.45, 7) is 2.05. The molecule has 1 amide bonds. The minimum atomic E-state index is -0.190. The average molecular weight is 168 g/mol. The van der Waals surface area contributed by atoms with E-state index in [1.54, 1.807) is 0 Å². The molecule has 0 aromatic rings. The molecule has 0 aromatic heterocycles. The van der Waals surface area contributed by atoms with Crippen molar-refractivity contribution in [3.8, 4) is 0 Å². The molecule has 3 heteroatoms. The third-order valence-electron chi connectivity index (χ3n) is 2.08. The van der Waals surface area contributed by atoms with Crippen molar-refractivity contribution in [1.82, 2.24) is 5.32 Å². The van der Waals surface area contributed by atoms with Crippen LogP contribution in [0.4, 0.5) is 0 Å². The first-order chi connectivity index (χ1) is 5.79. The highest BCUT2D eigenvalue weighted by molar-refractivity contribution is 5.73. The quantitative estimate of drug-likeness (QED) is 0.603. The van der Waals surface area contributed by atoms with E-state index in [1.807, 2.05) is 0 Å². The minimum Gasteiger partial charge on any atom is -0.370 e. The summed E-state index contributed by atoms with van der Waals surface area (Å²) in [4.78, 5) is 10.4. The molecule has 1 heterocycles. The Hall–Kier alpha value is -0.830. The summed E-state index contributed by atoms with van der Waals surface area (Å²) in [5.41, 5.74) is 6.50. The van der Waals surface area contributed by atoms with Gasteiger partial charge in [-0.15, -0.1) is 0 Å². The molecule has 0 unspecified atom stereocenters. The van der Waals surface area contributed by atoms with Gasteiger partial charge in [-0.25, -0.2) is 0 Å². The normalized spacial score (nSPS) is 17.2. The van der Waals surface area contributed by atoms with E-state index in [-0.39, 0.29) is 5.91 Å². The number of rotatable bonds is 4. The van der Waals surface area contributed by atoms with Crippen LogP contribution in [0.3, 0.4) is 0 Å². The maximum atomic E-state index is 10.4. The second-order valence-electron chi connectivity index (χ2n) is 3.14. The molecule has 3 N–H and O–H groups in total. The first-order valence-electron chi connectivity index (χ1n) is 4.46. The number of hydrogen-bond acceptors (Lipinski definition) is 2. The third kappa shape index (κ3) is 3.53. The van der Waals surface area contributed by atoms with Crippen LogP contribution in [0.15, 0.2) is 11.6 Å². The Morgan fingerprint density at radius 3 is 3.08 bits per heavy atom. The lowest BCUT2D eigenvalue weighted by Crippen LogP contribution is -2.20. The molecule has 3 nitrogen and oxygen atoms in total. The summed E-state index contributed by atoms with van der Waals surface area (Å²) in [5.74, 6) is -0.190. The number of carbonyl (C=O) groups excluding carboxylic acids is 1. The van der Waals surface area contributed by atoms with E-state index in [0.717, 1.165) is 32.4 Å². The molecule has 1 rings (SSSR count). The topological polar surface area (TPSA) is 55.1 Å². The molecule has 0 fully saturated rings. The van der Waals surface area contributed by atoms with Gasteiger partial charge < -0.3 is 11.1 Å². The fraction of sp³-hybridized carbons (Fsp3) is 0.667. The van der Waals surface area contributed by atoms with Crippen molar-refractivity contribution < 1.29 is 4.79 Å². The molecule has 0 aliphatic carbocycles. The van der Waals surface area contributed by atoms with Crippen LogP contribution in [0.5, 0.6) is 0 Å². The Morgan fingerprint density at radius 2 is 2.50 bits per heavy atom. The van der Waals surface area contributed by atoms with Gasteiger partial charge in [-0.2, -0.15) is 0 Å². The number of amides is 1. The number of nitrogens with one attached hydrogen (secondary N) is 1. The molecule has 0 bridgehead atoms. The van der Waals surface area contributed by atoms with Gasteiger partial charge in [0.1, 0.15) is 0 Å². The smallest absolute Gasteiger partial charge is 0.217 e. The summed E-state index contributed by atoms with van der Waals surface area (Å²) in [5, 5.41) is 3.25. The molecule has 1 aliphatic rings. The predicted molar refractivity (Wildman–Crippen MR) is 48.6 cm³/mol. The summed E-state index contributed by atoms with van der Waals surface area (Å²) in [6, 6.07) is 0. The van der Waals surface area contributed by atoms with Gasteiger partial charge in [-0.05, 0) is 25.8 Å². The summed E-state index contributed by atoms with van der Waals surface area (Å²) in [7, 11) is 0. The summed E-state index contributed by atoms with van der Waals surface area (Å²) < 4.78 is 0. The Bertz CT molecular complexity index is 187. The Labute approximate surface area is 73.0 Å². The van der Waals surface area contributed by atoms with Crippen molar-refractivity contribution in [2.45, 2.75) is 25.7 Å². The van der Waals surface area contributed by atoms with Crippen molar-refractivity contribution in [3.05, 3.63) is 11.6 Å². The van der Waals surface area contributed by atoms with Gasteiger partial charge in [0.05, 0.1) is 0 Å². The second kappa shape index (κ2) is 4.93. The fourth-order valence-electron chi connectivity index (χ4n) is 1.39. The molecule has 0 aromatic carbocycles. The first kappa shape index (κ1) is 9.26. The lowest BCUT2D eigenvalue weighted by Gasteiger charge is -2.13. The molecule has 0 spiro atoms. The Kier molecular flexibility index (Phi) is 3.80. The molecule has 1 aliphatic heterocycles. The van der Waals surface area contributed by atoms with Gasteiger partial charge in [0, 0.05) is 13.0 Å². The van der Waals surface area contributed by atoms with Crippen molar-refractivity contribution in [2.24, 2.45) is 5.73 Å². The molecule has 68 valence electrons. The highest BCUT2D eigenvalue weighted by Gasteiger charge is 2.02. The first-order valence-corrected chi connectivity index (χ1v) is 4.46. The van der Waals surface area contributed by atoms with Crippen LogP contribution in [0.2, 0.25) is 0 Å². The molecule has 0 atom stereocenters. The van der Waals surface area contributed by atoms with E-state index in [1.165, 1.54) is 5.57 Å². The lowest BCUT2D eigenvalue weighted by atomic mass is 10.0. The van der Waals surface area contributed by atoms with Gasteiger partial charge in [-0.1, -0.05) is 11.6 Å². The fourth-order valence-corrected chi connectivity index (χ4v) is 1.39. The summed E-state index contributed by atoms with van der Waals surface area (Å²) >= 11 is 0. The number of carbonyl (C=O) groups is 1. The molecular weight excluding hydrogens is 152 g/mol. The van der Waals surface area contributed by atoms with E-state index < -0.39 is 0 Å². The predicted octanol–water partition coefficient (Wildman–Crippen LogP) is 0.562. The van der Waals surface area contributed by atoms with Crippen molar-refractivity contribution in [3.63, 3.8) is 0 Å². The van der Waals surface area contributed by atoms with Gasteiger partial charge in [0.15, 0.2) is 0 Å². The van der Waals surface area contributed by atoms with E-state index in [9.17, 15) is 4.79 Å². The second-order valence-corrected chi connectivity index (χ2v) is 3.14. The zero-order chi connectivity index (χ0) is 8.81. The zero-order valence-electron chi connectivity index (χ0n) is 7.31. The molecular formula is C9H16N2O. The zero-order valence-corrected chi connectivity index (χ0v) is 7.31. The SMILES string of the molecule is NC(=O)CCCC1=CCNCC1. The van der Waals surface area contributed by atoms with Crippen molar-refractivity contribution in [1.29, 1.82) is 0 Å². The van der Waals surface area contributed by atoms with Crippen molar-refractivity contribution in [2.75, 3.05) is 13.1 Å². The Balaban J connectivity index is 2.13.